The van der Waals surface area contributed by atoms with Gasteiger partial charge in [-0.25, -0.2) is 8.78 Å². The highest BCUT2D eigenvalue weighted by Crippen LogP contribution is 2.35. The first-order valence-electron chi connectivity index (χ1n) is 13.9. The first kappa shape index (κ1) is 30.1. The Morgan fingerprint density at radius 2 is 1.74 bits per heavy atom. The van der Waals surface area contributed by atoms with Crippen molar-refractivity contribution in [2.24, 2.45) is 11.8 Å². The zero-order valence-corrected chi connectivity index (χ0v) is 23.1. The number of amides is 3. The number of benzene rings is 2. The molecular formula is C30H29F4N3O6. The molecule has 3 amide bonds. The number of furan rings is 1. The molecule has 9 nitrogen and oxygen atoms in total. The molecule has 228 valence electrons. The van der Waals surface area contributed by atoms with Gasteiger partial charge in [-0.2, -0.15) is 8.78 Å². The molecule has 13 heteroatoms. The first-order valence-corrected chi connectivity index (χ1v) is 13.9. The monoisotopic (exact) mass is 603 g/mol. The van der Waals surface area contributed by atoms with Crippen LogP contribution < -0.4 is 15.4 Å². The first-order chi connectivity index (χ1) is 20.5. The van der Waals surface area contributed by atoms with Gasteiger partial charge in [0.2, 0.25) is 23.4 Å². The molecule has 1 saturated carbocycles. The number of para-hydroxylation sites is 1. The van der Waals surface area contributed by atoms with Gasteiger partial charge in [0.25, 0.3) is 5.91 Å². The number of Topliss-reactive ketones (excluding diaryl/α,β-unsaturated/α-hetero) is 1. The highest BCUT2D eigenvalue weighted by molar-refractivity contribution is 5.99. The summed E-state index contributed by atoms with van der Waals surface area (Å²) in [5.41, 5.74) is 0.494. The number of likely N-dealkylation sites (N-methyl/N-ethyl adjacent to an activating group) is 1. The van der Waals surface area contributed by atoms with Gasteiger partial charge in [-0.3, -0.25) is 19.2 Å². The van der Waals surface area contributed by atoms with Crippen molar-refractivity contribution in [2.45, 2.75) is 44.2 Å². The Labute approximate surface area is 243 Å². The topological polar surface area (TPSA) is 118 Å². The molecule has 1 saturated heterocycles. The molecule has 1 aromatic heterocycles. The lowest BCUT2D eigenvalue weighted by atomic mass is 9.95. The zero-order chi connectivity index (χ0) is 30.8. The van der Waals surface area contributed by atoms with Crippen LogP contribution in [0, 0.1) is 35.1 Å². The van der Waals surface area contributed by atoms with Crippen LogP contribution in [0.5, 0.6) is 5.75 Å². The fraction of sp³-hybridized carbons (Fsp3) is 0.400. The SMILES string of the molecule is CN(C(=O)c1cc2ccccc2o1)[C@@H](CC1CC1)C(=O)NC(CC1CCNC1=O)C(=O)COc1c(F)c(F)cc(F)c1F. The summed E-state index contributed by atoms with van der Waals surface area (Å²) in [5, 5.41) is 5.93. The van der Waals surface area contributed by atoms with Gasteiger partial charge in [0, 0.05) is 31.0 Å². The summed E-state index contributed by atoms with van der Waals surface area (Å²) < 4.78 is 66.0. The number of ketones is 1. The molecule has 2 aromatic carbocycles. The maximum Gasteiger partial charge on any atom is 0.290 e. The molecule has 3 atom stereocenters. The van der Waals surface area contributed by atoms with Crippen LogP contribution in [0.1, 0.15) is 42.7 Å². The molecule has 0 radical (unpaired) electrons. The van der Waals surface area contributed by atoms with Gasteiger partial charge in [-0.05, 0) is 37.3 Å². The van der Waals surface area contributed by atoms with E-state index in [1.165, 1.54) is 11.9 Å². The summed E-state index contributed by atoms with van der Waals surface area (Å²) in [6.07, 6.45) is 2.22. The van der Waals surface area contributed by atoms with E-state index in [1.807, 2.05) is 0 Å². The number of hydrogen-bond donors (Lipinski definition) is 2. The van der Waals surface area contributed by atoms with Crippen LogP contribution in [0.15, 0.2) is 40.8 Å². The lowest BCUT2D eigenvalue weighted by molar-refractivity contribution is -0.132. The van der Waals surface area contributed by atoms with Crippen molar-refractivity contribution in [3.63, 3.8) is 0 Å². The number of hydrogen-bond acceptors (Lipinski definition) is 6. The van der Waals surface area contributed by atoms with Gasteiger partial charge in [-0.1, -0.05) is 31.0 Å². The zero-order valence-electron chi connectivity index (χ0n) is 23.1. The average Bonchev–Trinajstić information content (AvgIpc) is 3.56. The molecule has 2 aliphatic rings. The van der Waals surface area contributed by atoms with Crippen molar-refractivity contribution in [3.05, 3.63) is 65.4 Å². The van der Waals surface area contributed by atoms with E-state index < -0.39 is 71.2 Å². The number of fused-ring (bicyclic) bond motifs is 1. The van der Waals surface area contributed by atoms with Crippen LogP contribution >= 0.6 is 0 Å². The number of rotatable bonds is 12. The van der Waals surface area contributed by atoms with Crippen LogP contribution in [0.2, 0.25) is 0 Å². The van der Waals surface area contributed by atoms with E-state index in [9.17, 15) is 36.7 Å². The number of nitrogens with one attached hydrogen (secondary N) is 2. The second-order valence-corrected chi connectivity index (χ2v) is 10.9. The van der Waals surface area contributed by atoms with E-state index in [0.717, 1.165) is 12.8 Å². The molecule has 0 bridgehead atoms. The van der Waals surface area contributed by atoms with Gasteiger partial charge in [-0.15, -0.1) is 0 Å². The standard InChI is InChI=1S/C30H29F4N3O6/c1-37(30(41)24-12-16-4-2-3-5-23(16)43-24)21(10-15-6-7-15)29(40)36-20(11-17-8-9-35-28(17)39)22(38)14-42-27-25(33)18(31)13-19(32)26(27)34/h2-5,12-13,15,17,20-21H,6-11,14H2,1H3,(H,35,39)(H,36,40)/t17?,20?,21-/m0/s1. The van der Waals surface area contributed by atoms with Gasteiger partial charge in [0.05, 0.1) is 6.04 Å². The molecule has 5 rings (SSSR count). The van der Waals surface area contributed by atoms with Crippen LogP contribution in [0.25, 0.3) is 11.0 Å². The molecular weight excluding hydrogens is 574 g/mol. The van der Waals surface area contributed by atoms with Crippen LogP contribution in [0.3, 0.4) is 0 Å². The fourth-order valence-electron chi connectivity index (χ4n) is 5.13. The third-order valence-electron chi connectivity index (χ3n) is 7.80. The summed E-state index contributed by atoms with van der Waals surface area (Å²) >= 11 is 0. The Morgan fingerprint density at radius 3 is 2.37 bits per heavy atom. The largest absolute Gasteiger partial charge is 0.479 e. The maximum absolute atomic E-state index is 14.1. The van der Waals surface area contributed by atoms with Crippen molar-refractivity contribution in [2.75, 3.05) is 20.2 Å². The van der Waals surface area contributed by atoms with Crippen LogP contribution in [0.4, 0.5) is 17.6 Å². The summed E-state index contributed by atoms with van der Waals surface area (Å²) in [6, 6.07) is 6.20. The third-order valence-corrected chi connectivity index (χ3v) is 7.80. The number of nitrogens with zero attached hydrogens (tertiary/aromatic N) is 1. The van der Waals surface area contributed by atoms with Crippen molar-refractivity contribution in [1.82, 2.24) is 15.5 Å². The molecule has 2 unspecified atom stereocenters. The number of ether oxygens (including phenoxy) is 1. The Hall–Kier alpha value is -4.42. The van der Waals surface area contributed by atoms with Gasteiger partial charge in [0.15, 0.2) is 28.9 Å². The molecule has 2 heterocycles. The molecule has 1 aliphatic heterocycles. The average molecular weight is 604 g/mol. The Bertz CT molecular complexity index is 1510. The van der Waals surface area contributed by atoms with E-state index in [-0.39, 0.29) is 30.1 Å². The normalized spacial score (nSPS) is 17.8. The summed E-state index contributed by atoms with van der Waals surface area (Å²) in [4.78, 5) is 53.7. The van der Waals surface area contributed by atoms with Gasteiger partial charge >= 0.3 is 0 Å². The molecule has 0 spiro atoms. The molecule has 1 aliphatic carbocycles. The lowest BCUT2D eigenvalue weighted by Gasteiger charge is -2.29. The van der Waals surface area contributed by atoms with E-state index in [1.54, 1.807) is 30.3 Å². The highest BCUT2D eigenvalue weighted by Gasteiger charge is 2.38. The molecule has 3 aromatic rings. The van der Waals surface area contributed by atoms with Crippen molar-refractivity contribution >= 4 is 34.5 Å². The molecule has 2 N–H and O–H groups in total. The quantitative estimate of drug-likeness (QED) is 0.240. The predicted octanol–water partition coefficient (Wildman–Crippen LogP) is 3.89. The van der Waals surface area contributed by atoms with Crippen molar-refractivity contribution in [1.29, 1.82) is 0 Å². The summed E-state index contributed by atoms with van der Waals surface area (Å²) in [6.45, 7) is -0.704. The van der Waals surface area contributed by atoms with Gasteiger partial charge < -0.3 is 24.7 Å². The smallest absolute Gasteiger partial charge is 0.290 e. The Kier molecular flexibility index (Phi) is 8.69. The van der Waals surface area contributed by atoms with E-state index >= 15 is 0 Å². The Balaban J connectivity index is 1.35. The van der Waals surface area contributed by atoms with E-state index in [2.05, 4.69) is 10.6 Å². The number of halogens is 4. The minimum atomic E-state index is -1.82. The summed E-state index contributed by atoms with van der Waals surface area (Å²) in [5.74, 6) is -11.4. The van der Waals surface area contributed by atoms with Crippen LogP contribution in [-0.2, 0) is 14.4 Å². The lowest BCUT2D eigenvalue weighted by Crippen LogP contribution is -2.53. The second-order valence-electron chi connectivity index (χ2n) is 10.9. The number of carbonyl (C=O) groups is 4. The minimum Gasteiger partial charge on any atom is -0.479 e. The highest BCUT2D eigenvalue weighted by atomic mass is 19.2. The van der Waals surface area contributed by atoms with Crippen molar-refractivity contribution < 1.29 is 45.9 Å². The van der Waals surface area contributed by atoms with E-state index in [0.29, 0.717) is 30.4 Å². The molecule has 2 fully saturated rings. The Morgan fingerprint density at radius 1 is 1.05 bits per heavy atom. The van der Waals surface area contributed by atoms with Crippen LogP contribution in [-0.4, -0.2) is 60.7 Å². The minimum absolute atomic E-state index is 0.00420. The predicted molar refractivity (Wildman–Crippen MR) is 144 cm³/mol. The van der Waals surface area contributed by atoms with E-state index in [4.69, 9.17) is 9.15 Å². The molecule has 43 heavy (non-hydrogen) atoms. The van der Waals surface area contributed by atoms with Crippen molar-refractivity contribution in [3.8, 4) is 5.75 Å². The third kappa shape index (κ3) is 6.65. The maximum atomic E-state index is 14.1. The fourth-order valence-corrected chi connectivity index (χ4v) is 5.13. The van der Waals surface area contributed by atoms with Gasteiger partial charge in [0.1, 0.15) is 18.2 Å². The number of carbonyl (C=O) groups excluding carboxylic acids is 4. The second kappa shape index (κ2) is 12.4. The summed E-state index contributed by atoms with van der Waals surface area (Å²) in [7, 11) is 1.44.